The topological polar surface area (TPSA) is 61.9 Å². The number of piperidine rings is 2. The molecule has 0 spiro atoms. The van der Waals surface area contributed by atoms with Gasteiger partial charge < -0.3 is 19.9 Å². The Kier molecular flexibility index (Phi) is 5.77. The molecule has 0 aromatic heterocycles. The summed E-state index contributed by atoms with van der Waals surface area (Å²) in [4.78, 5) is 30.5. The fourth-order valence-corrected chi connectivity index (χ4v) is 5.72. The molecule has 0 radical (unpaired) electrons. The molecular weight excluding hydrogens is 402 g/mol. The highest BCUT2D eigenvalue weighted by molar-refractivity contribution is 5.83. The van der Waals surface area contributed by atoms with Gasteiger partial charge in [0.05, 0.1) is 19.1 Å². The molecule has 2 aromatic carbocycles. The highest BCUT2D eigenvalue weighted by atomic mass is 16.5. The summed E-state index contributed by atoms with van der Waals surface area (Å²) in [6, 6.07) is 16.3. The molecule has 0 aliphatic carbocycles. The maximum atomic E-state index is 13.4. The summed E-state index contributed by atoms with van der Waals surface area (Å²) in [6.07, 6.45) is 4.22. The fraction of sp³-hybridized carbons (Fsp3) is 0.462. The van der Waals surface area contributed by atoms with Gasteiger partial charge >= 0.3 is 6.03 Å². The van der Waals surface area contributed by atoms with E-state index in [1.165, 1.54) is 16.7 Å². The van der Waals surface area contributed by atoms with E-state index in [1.807, 2.05) is 29.2 Å². The molecule has 3 aliphatic heterocycles. The number of nitrogens with one attached hydrogen (secondary N) is 1. The van der Waals surface area contributed by atoms with Gasteiger partial charge in [0.15, 0.2) is 0 Å². The van der Waals surface area contributed by atoms with Crippen molar-refractivity contribution in [3.05, 3.63) is 65.2 Å². The maximum Gasteiger partial charge on any atom is 0.317 e. The van der Waals surface area contributed by atoms with Gasteiger partial charge in [0, 0.05) is 25.7 Å². The molecule has 3 amide bonds. The van der Waals surface area contributed by atoms with Crippen LogP contribution in [0.5, 0.6) is 5.75 Å². The zero-order valence-corrected chi connectivity index (χ0v) is 18.6. The minimum absolute atomic E-state index is 0.0381. The van der Waals surface area contributed by atoms with Crippen LogP contribution in [0.25, 0.3) is 0 Å². The van der Waals surface area contributed by atoms with Crippen LogP contribution in [0.4, 0.5) is 4.79 Å². The van der Waals surface area contributed by atoms with Crippen LogP contribution in [-0.4, -0.2) is 54.5 Å². The van der Waals surface area contributed by atoms with Gasteiger partial charge in [-0.2, -0.15) is 0 Å². The second-order valence-corrected chi connectivity index (χ2v) is 9.07. The first kappa shape index (κ1) is 20.9. The van der Waals surface area contributed by atoms with Crippen molar-refractivity contribution in [1.29, 1.82) is 0 Å². The number of amides is 3. The van der Waals surface area contributed by atoms with Crippen molar-refractivity contribution in [2.24, 2.45) is 5.92 Å². The third-order valence-corrected chi connectivity index (χ3v) is 7.34. The smallest absolute Gasteiger partial charge is 0.317 e. The van der Waals surface area contributed by atoms with Gasteiger partial charge in [0.25, 0.3) is 0 Å². The van der Waals surface area contributed by atoms with Crippen molar-refractivity contribution in [2.45, 2.75) is 44.2 Å². The second-order valence-electron chi connectivity index (χ2n) is 9.07. The van der Waals surface area contributed by atoms with E-state index < -0.39 is 0 Å². The number of carbonyl (C=O) groups excluding carboxylic acids is 2. The average Bonchev–Trinajstić information content (AvgIpc) is 2.84. The van der Waals surface area contributed by atoms with E-state index in [4.69, 9.17) is 4.74 Å². The van der Waals surface area contributed by atoms with Gasteiger partial charge in [-0.05, 0) is 60.9 Å². The highest BCUT2D eigenvalue weighted by Crippen LogP contribution is 2.44. The van der Waals surface area contributed by atoms with Crippen LogP contribution < -0.4 is 10.1 Å². The van der Waals surface area contributed by atoms with Crippen molar-refractivity contribution in [2.75, 3.05) is 26.7 Å². The third-order valence-electron chi connectivity index (χ3n) is 7.34. The Balaban J connectivity index is 1.32. The Hall–Kier alpha value is -3.02. The highest BCUT2D eigenvalue weighted by Gasteiger charge is 2.48. The number of carbonyl (C=O) groups is 2. The molecule has 2 aromatic rings. The SMILES string of the molecule is COc1ccc2c(c1)CCN1C(=O)[C@@H]3CCCN(C(=O)NCCc4ccccc4)[C@@H]3C[C@H]21. The van der Waals surface area contributed by atoms with Crippen molar-refractivity contribution >= 4 is 11.9 Å². The molecule has 6 heteroatoms. The summed E-state index contributed by atoms with van der Waals surface area (Å²) >= 11 is 0. The van der Waals surface area contributed by atoms with E-state index >= 15 is 0 Å². The number of methoxy groups -OCH3 is 1. The predicted molar refractivity (Wildman–Crippen MR) is 123 cm³/mol. The van der Waals surface area contributed by atoms with E-state index in [0.29, 0.717) is 13.1 Å². The molecule has 168 valence electrons. The minimum atomic E-state index is -0.0836. The van der Waals surface area contributed by atoms with Gasteiger partial charge in [-0.15, -0.1) is 0 Å². The number of fused-ring (bicyclic) bond motifs is 4. The molecule has 1 N–H and O–H groups in total. The summed E-state index contributed by atoms with van der Waals surface area (Å²) in [5.41, 5.74) is 3.67. The monoisotopic (exact) mass is 433 g/mol. The normalized spacial score (nSPS) is 24.3. The summed E-state index contributed by atoms with van der Waals surface area (Å²) in [5.74, 6) is 0.989. The Labute approximate surface area is 189 Å². The van der Waals surface area contributed by atoms with E-state index in [1.54, 1.807) is 7.11 Å². The molecule has 32 heavy (non-hydrogen) atoms. The minimum Gasteiger partial charge on any atom is -0.497 e. The molecule has 6 nitrogen and oxygen atoms in total. The van der Waals surface area contributed by atoms with E-state index in [-0.39, 0.29) is 29.9 Å². The Morgan fingerprint density at radius 2 is 2.00 bits per heavy atom. The lowest BCUT2D eigenvalue weighted by Gasteiger charge is -2.51. The molecule has 0 saturated carbocycles. The number of rotatable bonds is 4. The standard InChI is InChI=1S/C26H31N3O3/c1-32-20-9-10-21-19(16-20)12-15-28-23(21)17-24-22(25(28)30)8-5-14-29(24)26(31)27-13-11-18-6-3-2-4-7-18/h2-4,6-7,9-10,16,22-24H,5,8,11-15,17H2,1H3,(H,27,31)/t22-,23-,24-/m1/s1. The maximum absolute atomic E-state index is 13.4. The number of nitrogens with zero attached hydrogens (tertiary/aromatic N) is 2. The lowest BCUT2D eigenvalue weighted by atomic mass is 9.76. The van der Waals surface area contributed by atoms with Crippen LogP contribution in [0.15, 0.2) is 48.5 Å². The van der Waals surface area contributed by atoms with Crippen LogP contribution in [0, 0.1) is 5.92 Å². The van der Waals surface area contributed by atoms with E-state index in [2.05, 4.69) is 34.5 Å². The summed E-state index contributed by atoms with van der Waals surface area (Å²) in [7, 11) is 1.68. The second kappa shape index (κ2) is 8.85. The van der Waals surface area contributed by atoms with E-state index in [9.17, 15) is 9.59 Å². The number of urea groups is 1. The lowest BCUT2D eigenvalue weighted by molar-refractivity contribution is -0.148. The molecule has 3 heterocycles. The number of hydrogen-bond acceptors (Lipinski definition) is 3. The fourth-order valence-electron chi connectivity index (χ4n) is 5.72. The Morgan fingerprint density at radius 1 is 1.16 bits per heavy atom. The average molecular weight is 434 g/mol. The molecule has 3 aliphatic rings. The van der Waals surface area contributed by atoms with Gasteiger partial charge in [0.1, 0.15) is 5.75 Å². The third kappa shape index (κ3) is 3.83. The Morgan fingerprint density at radius 3 is 2.81 bits per heavy atom. The molecule has 0 bridgehead atoms. The van der Waals surface area contributed by atoms with Gasteiger partial charge in [-0.1, -0.05) is 36.4 Å². The van der Waals surface area contributed by atoms with Crippen molar-refractivity contribution < 1.29 is 14.3 Å². The Bertz CT molecular complexity index is 993. The molecule has 5 rings (SSSR count). The van der Waals surface area contributed by atoms with Crippen LogP contribution in [-0.2, 0) is 17.6 Å². The number of ether oxygens (including phenoxy) is 1. The number of likely N-dealkylation sites (tertiary alicyclic amines) is 1. The molecular formula is C26H31N3O3. The zero-order valence-electron chi connectivity index (χ0n) is 18.6. The number of benzene rings is 2. The molecule has 3 atom stereocenters. The molecule has 0 unspecified atom stereocenters. The predicted octanol–water partition coefficient (Wildman–Crippen LogP) is 3.56. The largest absolute Gasteiger partial charge is 0.497 e. The number of hydrogen-bond donors (Lipinski definition) is 1. The van der Waals surface area contributed by atoms with Crippen LogP contribution in [0.3, 0.4) is 0 Å². The quantitative estimate of drug-likeness (QED) is 0.802. The first-order valence-electron chi connectivity index (χ1n) is 11.7. The van der Waals surface area contributed by atoms with Gasteiger partial charge in [-0.25, -0.2) is 4.79 Å². The lowest BCUT2D eigenvalue weighted by Crippen LogP contribution is -2.61. The van der Waals surface area contributed by atoms with Crippen LogP contribution in [0.2, 0.25) is 0 Å². The van der Waals surface area contributed by atoms with Gasteiger partial charge in [0.2, 0.25) is 5.91 Å². The summed E-state index contributed by atoms with van der Waals surface area (Å²) in [6.45, 7) is 2.06. The first-order valence-corrected chi connectivity index (χ1v) is 11.7. The summed E-state index contributed by atoms with van der Waals surface area (Å²) < 4.78 is 5.40. The van der Waals surface area contributed by atoms with Crippen LogP contribution in [0.1, 0.15) is 42.0 Å². The molecule has 2 fully saturated rings. The first-order chi connectivity index (χ1) is 15.7. The van der Waals surface area contributed by atoms with Crippen LogP contribution >= 0.6 is 0 Å². The molecule has 2 saturated heterocycles. The van der Waals surface area contributed by atoms with Crippen molar-refractivity contribution in [1.82, 2.24) is 15.1 Å². The summed E-state index contributed by atoms with van der Waals surface area (Å²) in [5, 5.41) is 3.10. The van der Waals surface area contributed by atoms with Crippen molar-refractivity contribution in [3.8, 4) is 5.75 Å². The van der Waals surface area contributed by atoms with Crippen molar-refractivity contribution in [3.63, 3.8) is 0 Å². The van der Waals surface area contributed by atoms with Gasteiger partial charge in [-0.3, -0.25) is 4.79 Å². The van der Waals surface area contributed by atoms with E-state index in [0.717, 1.165) is 44.4 Å². The zero-order chi connectivity index (χ0) is 22.1.